The van der Waals surface area contributed by atoms with E-state index in [9.17, 15) is 0 Å². The lowest BCUT2D eigenvalue weighted by Crippen LogP contribution is -2.18. The minimum Gasteiger partial charge on any atom is -0.497 e. The molecule has 0 spiro atoms. The van der Waals surface area contributed by atoms with Gasteiger partial charge in [-0.25, -0.2) is 4.98 Å². The van der Waals surface area contributed by atoms with Crippen molar-refractivity contribution in [2.45, 2.75) is 6.54 Å². The number of hydrogen-bond acceptors (Lipinski definition) is 5. The molecule has 1 heterocycles. The molecule has 0 aliphatic carbocycles. The summed E-state index contributed by atoms with van der Waals surface area (Å²) in [5, 5.41) is 0. The zero-order valence-electron chi connectivity index (χ0n) is 11.1. The lowest BCUT2D eigenvalue weighted by atomic mass is 10.2. The number of methoxy groups -OCH3 is 1. The van der Waals surface area contributed by atoms with E-state index in [0.717, 1.165) is 17.1 Å². The minimum atomic E-state index is 0.356. The summed E-state index contributed by atoms with van der Waals surface area (Å²) >= 11 is 0. The molecule has 0 aliphatic heterocycles. The Bertz CT molecular complexity index is 571. The Kier molecular flexibility index (Phi) is 3.75. The number of anilines is 3. The minimum absolute atomic E-state index is 0.356. The molecule has 4 N–H and O–H groups in total. The molecule has 0 radical (unpaired) electrons. The van der Waals surface area contributed by atoms with Crippen molar-refractivity contribution in [2.24, 2.45) is 0 Å². The van der Waals surface area contributed by atoms with Gasteiger partial charge >= 0.3 is 0 Å². The summed E-state index contributed by atoms with van der Waals surface area (Å²) in [4.78, 5) is 6.26. The van der Waals surface area contributed by atoms with Crippen molar-refractivity contribution in [1.29, 1.82) is 0 Å². The Morgan fingerprint density at radius 1 is 1.21 bits per heavy atom. The topological polar surface area (TPSA) is 77.4 Å². The Balaban J connectivity index is 2.15. The number of rotatable bonds is 4. The molecule has 0 bridgehead atoms. The summed E-state index contributed by atoms with van der Waals surface area (Å²) in [5.74, 6) is 1.99. The van der Waals surface area contributed by atoms with E-state index in [0.29, 0.717) is 18.1 Å². The molecule has 2 aromatic rings. The van der Waals surface area contributed by atoms with Crippen LogP contribution in [0.1, 0.15) is 5.56 Å². The lowest BCUT2D eigenvalue weighted by molar-refractivity contribution is 0.414. The standard InChI is InChI=1S/C14H18N4O/c1-18(13-7-6-12(15)14(16)17-13)9-10-4-3-5-11(8-10)19-2/h3-8H,9,15H2,1-2H3,(H2,16,17). The summed E-state index contributed by atoms with van der Waals surface area (Å²) in [7, 11) is 3.61. The predicted octanol–water partition coefficient (Wildman–Crippen LogP) is 1.89. The summed E-state index contributed by atoms with van der Waals surface area (Å²) in [6.07, 6.45) is 0. The van der Waals surface area contributed by atoms with E-state index in [-0.39, 0.29) is 0 Å². The highest BCUT2D eigenvalue weighted by molar-refractivity contribution is 5.62. The first-order valence-corrected chi connectivity index (χ1v) is 5.96. The van der Waals surface area contributed by atoms with Gasteiger partial charge in [0.2, 0.25) is 0 Å². The van der Waals surface area contributed by atoms with Gasteiger partial charge < -0.3 is 21.1 Å². The first kappa shape index (κ1) is 13.0. The Morgan fingerprint density at radius 3 is 2.68 bits per heavy atom. The van der Waals surface area contributed by atoms with Crippen LogP contribution in [0.5, 0.6) is 5.75 Å². The first-order chi connectivity index (χ1) is 9.10. The van der Waals surface area contributed by atoms with Crippen LogP contribution in [0.15, 0.2) is 36.4 Å². The maximum absolute atomic E-state index is 5.71. The Morgan fingerprint density at radius 2 is 2.00 bits per heavy atom. The maximum Gasteiger partial charge on any atom is 0.149 e. The van der Waals surface area contributed by atoms with Gasteiger partial charge in [-0.3, -0.25) is 0 Å². The molecule has 0 unspecified atom stereocenters. The van der Waals surface area contributed by atoms with E-state index in [1.807, 2.05) is 42.3 Å². The molecule has 19 heavy (non-hydrogen) atoms. The summed E-state index contributed by atoms with van der Waals surface area (Å²) in [6.45, 7) is 0.716. The van der Waals surface area contributed by atoms with Crippen LogP contribution in [0.25, 0.3) is 0 Å². The van der Waals surface area contributed by atoms with E-state index in [1.165, 1.54) is 0 Å². The van der Waals surface area contributed by atoms with Crippen molar-refractivity contribution in [3.05, 3.63) is 42.0 Å². The van der Waals surface area contributed by atoms with Crippen molar-refractivity contribution in [3.8, 4) is 5.75 Å². The average molecular weight is 258 g/mol. The van der Waals surface area contributed by atoms with Crippen molar-refractivity contribution in [2.75, 3.05) is 30.5 Å². The molecule has 1 aromatic carbocycles. The van der Waals surface area contributed by atoms with Gasteiger partial charge in [0.25, 0.3) is 0 Å². The van der Waals surface area contributed by atoms with Gasteiger partial charge in [-0.05, 0) is 29.8 Å². The third-order valence-corrected chi connectivity index (χ3v) is 2.89. The molecule has 0 fully saturated rings. The second kappa shape index (κ2) is 5.48. The molecule has 0 aliphatic rings. The lowest BCUT2D eigenvalue weighted by Gasteiger charge is -2.19. The second-order valence-electron chi connectivity index (χ2n) is 4.35. The molecular weight excluding hydrogens is 240 g/mol. The van der Waals surface area contributed by atoms with Crippen LogP contribution in [-0.2, 0) is 6.54 Å². The van der Waals surface area contributed by atoms with Crippen molar-refractivity contribution in [1.82, 2.24) is 4.98 Å². The Hall–Kier alpha value is -2.43. The summed E-state index contributed by atoms with van der Waals surface area (Å²) in [5.41, 5.74) is 13.0. The summed E-state index contributed by atoms with van der Waals surface area (Å²) in [6, 6.07) is 11.5. The quantitative estimate of drug-likeness (QED) is 0.875. The van der Waals surface area contributed by atoms with Crippen LogP contribution in [-0.4, -0.2) is 19.1 Å². The largest absolute Gasteiger partial charge is 0.497 e. The Labute approximate surface area is 112 Å². The van der Waals surface area contributed by atoms with Crippen molar-refractivity contribution >= 4 is 17.3 Å². The summed E-state index contributed by atoms with van der Waals surface area (Å²) < 4.78 is 5.21. The smallest absolute Gasteiger partial charge is 0.149 e. The van der Waals surface area contributed by atoms with Crippen LogP contribution in [0.4, 0.5) is 17.3 Å². The van der Waals surface area contributed by atoms with Gasteiger partial charge in [0, 0.05) is 13.6 Å². The number of nitrogens with zero attached hydrogens (tertiary/aromatic N) is 2. The molecule has 0 saturated carbocycles. The van der Waals surface area contributed by atoms with E-state index in [4.69, 9.17) is 16.2 Å². The van der Waals surface area contributed by atoms with Crippen LogP contribution < -0.4 is 21.1 Å². The van der Waals surface area contributed by atoms with E-state index >= 15 is 0 Å². The predicted molar refractivity (Wildman–Crippen MR) is 78.2 cm³/mol. The molecule has 2 rings (SSSR count). The zero-order valence-corrected chi connectivity index (χ0v) is 11.1. The number of nitrogens with two attached hydrogens (primary N) is 2. The normalized spacial score (nSPS) is 10.2. The number of pyridine rings is 1. The van der Waals surface area contributed by atoms with Gasteiger partial charge in [0.15, 0.2) is 0 Å². The fraction of sp³-hybridized carbons (Fsp3) is 0.214. The van der Waals surface area contributed by atoms with Crippen LogP contribution in [0.2, 0.25) is 0 Å². The number of benzene rings is 1. The highest BCUT2D eigenvalue weighted by Gasteiger charge is 2.06. The molecule has 0 saturated heterocycles. The first-order valence-electron chi connectivity index (χ1n) is 5.96. The van der Waals surface area contributed by atoms with Gasteiger partial charge in [-0.15, -0.1) is 0 Å². The zero-order chi connectivity index (χ0) is 13.8. The molecule has 100 valence electrons. The van der Waals surface area contributed by atoms with Gasteiger partial charge in [0.1, 0.15) is 17.4 Å². The molecule has 5 nitrogen and oxygen atoms in total. The maximum atomic E-state index is 5.71. The van der Waals surface area contributed by atoms with Crippen molar-refractivity contribution < 1.29 is 4.74 Å². The monoisotopic (exact) mass is 258 g/mol. The molecule has 0 atom stereocenters. The highest BCUT2D eigenvalue weighted by atomic mass is 16.5. The van der Waals surface area contributed by atoms with E-state index < -0.39 is 0 Å². The molecule has 0 amide bonds. The number of hydrogen-bond donors (Lipinski definition) is 2. The fourth-order valence-corrected chi connectivity index (χ4v) is 1.81. The molecular formula is C14H18N4O. The molecule has 1 aromatic heterocycles. The third kappa shape index (κ3) is 3.07. The number of nitrogen functional groups attached to an aromatic ring is 2. The highest BCUT2D eigenvalue weighted by Crippen LogP contribution is 2.20. The van der Waals surface area contributed by atoms with E-state index in [2.05, 4.69) is 4.98 Å². The molecule has 5 heteroatoms. The van der Waals surface area contributed by atoms with E-state index in [1.54, 1.807) is 13.2 Å². The number of aromatic nitrogens is 1. The van der Waals surface area contributed by atoms with Crippen LogP contribution in [0, 0.1) is 0 Å². The third-order valence-electron chi connectivity index (χ3n) is 2.89. The van der Waals surface area contributed by atoms with Crippen LogP contribution in [0.3, 0.4) is 0 Å². The van der Waals surface area contributed by atoms with Crippen LogP contribution >= 0.6 is 0 Å². The van der Waals surface area contributed by atoms with Gasteiger partial charge in [0.05, 0.1) is 12.8 Å². The number of ether oxygens (including phenoxy) is 1. The van der Waals surface area contributed by atoms with Crippen molar-refractivity contribution in [3.63, 3.8) is 0 Å². The van der Waals surface area contributed by atoms with Gasteiger partial charge in [-0.2, -0.15) is 0 Å². The average Bonchev–Trinajstić information content (AvgIpc) is 2.42. The van der Waals surface area contributed by atoms with Gasteiger partial charge in [-0.1, -0.05) is 12.1 Å². The SMILES string of the molecule is COc1cccc(CN(C)c2ccc(N)c(N)n2)c1. The second-order valence-corrected chi connectivity index (χ2v) is 4.35. The fourth-order valence-electron chi connectivity index (χ4n) is 1.81.